The molecule has 2 aliphatic rings. The van der Waals surface area contributed by atoms with Crippen LogP contribution in [0.1, 0.15) is 49.5 Å². The highest BCUT2D eigenvalue weighted by Crippen LogP contribution is 2.27. The lowest BCUT2D eigenvalue weighted by Gasteiger charge is -2.34. The molecular formula is C20H30ClN3O2S. The number of piperidine rings is 1. The quantitative estimate of drug-likeness (QED) is 0.812. The summed E-state index contributed by atoms with van der Waals surface area (Å²) >= 11 is 1.65. The van der Waals surface area contributed by atoms with Crippen LogP contribution in [0.2, 0.25) is 0 Å². The van der Waals surface area contributed by atoms with E-state index in [1.165, 1.54) is 5.56 Å². The van der Waals surface area contributed by atoms with E-state index in [1.807, 2.05) is 29.2 Å². The van der Waals surface area contributed by atoms with Gasteiger partial charge in [0.15, 0.2) is 0 Å². The van der Waals surface area contributed by atoms with E-state index in [4.69, 9.17) is 5.73 Å². The Labute approximate surface area is 172 Å². The van der Waals surface area contributed by atoms with Crippen molar-refractivity contribution in [1.82, 2.24) is 9.80 Å². The average molecular weight is 412 g/mol. The van der Waals surface area contributed by atoms with Crippen LogP contribution in [0, 0.1) is 0 Å². The summed E-state index contributed by atoms with van der Waals surface area (Å²) in [5, 5.41) is 0. The van der Waals surface area contributed by atoms with Gasteiger partial charge in [-0.1, -0.05) is 32.9 Å². The highest BCUT2D eigenvalue weighted by Gasteiger charge is 2.38. The molecule has 0 saturated carbocycles. The molecule has 27 heavy (non-hydrogen) atoms. The fourth-order valence-electron chi connectivity index (χ4n) is 3.46. The molecule has 2 N–H and O–H groups in total. The van der Waals surface area contributed by atoms with Crippen LogP contribution in [-0.4, -0.2) is 58.4 Å². The molecule has 1 atom stereocenters. The Morgan fingerprint density at radius 1 is 1.11 bits per heavy atom. The van der Waals surface area contributed by atoms with E-state index in [2.05, 4.69) is 20.8 Å². The molecule has 5 nitrogen and oxygen atoms in total. The Kier molecular flexibility index (Phi) is 7.22. The average Bonchev–Trinajstić information content (AvgIpc) is 3.10. The molecule has 0 radical (unpaired) electrons. The molecular weight excluding hydrogens is 382 g/mol. The largest absolute Gasteiger partial charge is 0.341 e. The molecule has 3 rings (SSSR count). The molecule has 2 heterocycles. The van der Waals surface area contributed by atoms with Crippen molar-refractivity contribution in [2.45, 2.75) is 51.1 Å². The van der Waals surface area contributed by atoms with E-state index in [0.717, 1.165) is 12.8 Å². The van der Waals surface area contributed by atoms with Gasteiger partial charge in [0.2, 0.25) is 5.91 Å². The topological polar surface area (TPSA) is 66.6 Å². The highest BCUT2D eigenvalue weighted by molar-refractivity contribution is 7.99. The zero-order chi connectivity index (χ0) is 18.9. The minimum absolute atomic E-state index is 0. The van der Waals surface area contributed by atoms with Gasteiger partial charge in [-0.3, -0.25) is 9.59 Å². The van der Waals surface area contributed by atoms with Crippen molar-refractivity contribution in [3.05, 3.63) is 35.4 Å². The number of likely N-dealkylation sites (tertiary alicyclic amines) is 1. The van der Waals surface area contributed by atoms with Crippen molar-refractivity contribution in [2.75, 3.05) is 24.7 Å². The normalized spacial score (nSPS) is 21.1. The van der Waals surface area contributed by atoms with Gasteiger partial charge < -0.3 is 15.5 Å². The van der Waals surface area contributed by atoms with Gasteiger partial charge in [0.1, 0.15) is 6.04 Å². The lowest BCUT2D eigenvalue weighted by molar-refractivity contribution is -0.135. The first-order valence-electron chi connectivity index (χ1n) is 9.31. The number of thioether (sulfide) groups is 1. The molecule has 150 valence electrons. The first-order chi connectivity index (χ1) is 12.3. The van der Waals surface area contributed by atoms with Crippen molar-refractivity contribution in [3.8, 4) is 0 Å². The molecule has 0 spiro atoms. The number of rotatable bonds is 2. The van der Waals surface area contributed by atoms with Crippen LogP contribution in [0.15, 0.2) is 24.3 Å². The molecule has 2 aliphatic heterocycles. The van der Waals surface area contributed by atoms with E-state index < -0.39 is 0 Å². The van der Waals surface area contributed by atoms with Crippen LogP contribution < -0.4 is 5.73 Å². The molecule has 0 aliphatic carbocycles. The van der Waals surface area contributed by atoms with Crippen LogP contribution in [0.5, 0.6) is 0 Å². The highest BCUT2D eigenvalue weighted by atomic mass is 35.5. The molecule has 1 aromatic carbocycles. The molecule has 2 amide bonds. The minimum Gasteiger partial charge on any atom is -0.341 e. The van der Waals surface area contributed by atoms with Crippen LogP contribution in [-0.2, 0) is 10.2 Å². The Morgan fingerprint density at radius 3 is 2.26 bits per heavy atom. The Morgan fingerprint density at radius 2 is 1.70 bits per heavy atom. The standard InChI is InChI=1S/C20H29N3O2S.ClH/c1-20(2,3)15-6-4-14(5-7-15)18(24)23-13-26-12-17(23)19(25)22-10-8-16(21)9-11-22;/h4-7,16-17H,8-13,21H2,1-3H3;1H. The van der Waals surface area contributed by atoms with Crippen LogP contribution >= 0.6 is 24.2 Å². The minimum atomic E-state index is -0.357. The van der Waals surface area contributed by atoms with E-state index in [9.17, 15) is 9.59 Å². The summed E-state index contributed by atoms with van der Waals surface area (Å²) in [6, 6.07) is 7.62. The molecule has 1 aromatic rings. The number of nitrogens with two attached hydrogens (primary N) is 1. The van der Waals surface area contributed by atoms with Gasteiger partial charge in [0.25, 0.3) is 5.91 Å². The van der Waals surface area contributed by atoms with Crippen molar-refractivity contribution < 1.29 is 9.59 Å². The molecule has 7 heteroatoms. The SMILES string of the molecule is CC(C)(C)c1ccc(C(=O)N2CSCC2C(=O)N2CCC(N)CC2)cc1.Cl. The smallest absolute Gasteiger partial charge is 0.255 e. The Bertz CT molecular complexity index is 667. The lowest BCUT2D eigenvalue weighted by atomic mass is 9.86. The number of carbonyl (C=O) groups excluding carboxylic acids is 2. The maximum absolute atomic E-state index is 13.0. The zero-order valence-corrected chi connectivity index (χ0v) is 17.9. The molecule has 0 bridgehead atoms. The monoisotopic (exact) mass is 411 g/mol. The zero-order valence-electron chi connectivity index (χ0n) is 16.3. The summed E-state index contributed by atoms with van der Waals surface area (Å²) < 4.78 is 0. The number of hydrogen-bond acceptors (Lipinski definition) is 4. The predicted octanol–water partition coefficient (Wildman–Crippen LogP) is 2.87. The lowest BCUT2D eigenvalue weighted by Crippen LogP contribution is -2.52. The summed E-state index contributed by atoms with van der Waals surface area (Å²) in [4.78, 5) is 29.5. The number of benzene rings is 1. The number of amides is 2. The summed E-state index contributed by atoms with van der Waals surface area (Å²) in [5.74, 6) is 1.26. The Balaban J connectivity index is 0.00000261. The van der Waals surface area contributed by atoms with Gasteiger partial charge in [-0.2, -0.15) is 0 Å². The van der Waals surface area contributed by atoms with Crippen LogP contribution in [0.4, 0.5) is 0 Å². The van der Waals surface area contributed by atoms with Gasteiger partial charge in [-0.15, -0.1) is 24.2 Å². The van der Waals surface area contributed by atoms with Crippen molar-refractivity contribution in [2.24, 2.45) is 5.73 Å². The predicted molar refractivity (Wildman–Crippen MR) is 113 cm³/mol. The fourth-order valence-corrected chi connectivity index (χ4v) is 4.60. The molecule has 0 aromatic heterocycles. The number of halogens is 1. The van der Waals surface area contributed by atoms with E-state index in [-0.39, 0.29) is 41.7 Å². The first kappa shape index (κ1) is 22.1. The fraction of sp³-hybridized carbons (Fsp3) is 0.600. The third-order valence-corrected chi connectivity index (χ3v) is 6.29. The van der Waals surface area contributed by atoms with Gasteiger partial charge >= 0.3 is 0 Å². The molecule has 1 unspecified atom stereocenters. The number of nitrogens with zero attached hydrogens (tertiary/aromatic N) is 2. The summed E-state index contributed by atoms with van der Waals surface area (Å²) in [7, 11) is 0. The third kappa shape index (κ3) is 4.98. The van der Waals surface area contributed by atoms with Crippen molar-refractivity contribution >= 4 is 36.0 Å². The molecule has 2 fully saturated rings. The molecule has 2 saturated heterocycles. The third-order valence-electron chi connectivity index (χ3n) is 5.28. The second-order valence-electron chi connectivity index (χ2n) is 8.28. The van der Waals surface area contributed by atoms with Crippen LogP contribution in [0.3, 0.4) is 0 Å². The maximum Gasteiger partial charge on any atom is 0.255 e. The van der Waals surface area contributed by atoms with Crippen molar-refractivity contribution in [1.29, 1.82) is 0 Å². The second kappa shape index (κ2) is 8.84. The van der Waals surface area contributed by atoms with Crippen LogP contribution in [0.25, 0.3) is 0 Å². The number of carbonyl (C=O) groups is 2. The maximum atomic E-state index is 13.0. The Hall–Kier alpha value is -1.24. The van der Waals surface area contributed by atoms with Gasteiger partial charge in [0, 0.05) is 30.4 Å². The first-order valence-corrected chi connectivity index (χ1v) is 10.5. The summed E-state index contributed by atoms with van der Waals surface area (Å²) in [5.41, 5.74) is 7.84. The van der Waals surface area contributed by atoms with Gasteiger partial charge in [-0.25, -0.2) is 0 Å². The summed E-state index contributed by atoms with van der Waals surface area (Å²) in [6.07, 6.45) is 1.68. The van der Waals surface area contributed by atoms with E-state index in [1.54, 1.807) is 16.7 Å². The second-order valence-corrected chi connectivity index (χ2v) is 9.28. The number of hydrogen-bond donors (Lipinski definition) is 1. The summed E-state index contributed by atoms with van der Waals surface area (Å²) in [6.45, 7) is 7.85. The van der Waals surface area contributed by atoms with Crippen molar-refractivity contribution in [3.63, 3.8) is 0 Å². The van der Waals surface area contributed by atoms with Gasteiger partial charge in [-0.05, 0) is 36.0 Å². The van der Waals surface area contributed by atoms with Gasteiger partial charge in [0.05, 0.1) is 5.88 Å². The van der Waals surface area contributed by atoms with E-state index in [0.29, 0.717) is 30.3 Å². The van der Waals surface area contributed by atoms with E-state index >= 15 is 0 Å².